The molecule has 0 amide bonds. The van der Waals surface area contributed by atoms with Crippen LogP contribution >= 0.6 is 11.6 Å². The summed E-state index contributed by atoms with van der Waals surface area (Å²) in [6.45, 7) is 4.01. The van der Waals surface area contributed by atoms with Crippen molar-refractivity contribution in [2.75, 3.05) is 0 Å². The van der Waals surface area contributed by atoms with Gasteiger partial charge < -0.3 is 14.8 Å². The minimum atomic E-state index is -1.04. The van der Waals surface area contributed by atoms with E-state index in [1.807, 2.05) is 44.2 Å². The zero-order valence-corrected chi connectivity index (χ0v) is 17.6. The summed E-state index contributed by atoms with van der Waals surface area (Å²) in [4.78, 5) is 14.6. The third-order valence-corrected chi connectivity index (χ3v) is 6.09. The van der Waals surface area contributed by atoms with Crippen LogP contribution in [0.5, 0.6) is 5.75 Å². The molecule has 2 aromatic carbocycles. The van der Waals surface area contributed by atoms with E-state index >= 15 is 0 Å². The number of aromatic carboxylic acids is 1. The molecule has 0 aliphatic heterocycles. The average molecular weight is 412 g/mol. The van der Waals surface area contributed by atoms with E-state index in [1.165, 1.54) is 24.8 Å². The third kappa shape index (κ3) is 3.86. The maximum absolute atomic E-state index is 11.6. The van der Waals surface area contributed by atoms with Crippen molar-refractivity contribution in [2.45, 2.75) is 58.0 Å². The number of carboxylic acids is 1. The molecule has 0 spiro atoms. The topological polar surface area (TPSA) is 62.3 Å². The number of nitrogens with one attached hydrogen (secondary N) is 1. The first-order chi connectivity index (χ1) is 14.0. The molecule has 1 saturated carbocycles. The SMILES string of the molecule is CC(C)Oc1ccc(-c2c(C3CCCCC3)ccc3[nH]c(C(=O)O)c(Cl)c23)cc1. The van der Waals surface area contributed by atoms with Gasteiger partial charge in [-0.2, -0.15) is 0 Å². The molecule has 4 rings (SSSR count). The molecule has 0 unspecified atom stereocenters. The lowest BCUT2D eigenvalue weighted by atomic mass is 9.80. The van der Waals surface area contributed by atoms with E-state index in [1.54, 1.807) is 0 Å². The van der Waals surface area contributed by atoms with Gasteiger partial charge in [0.1, 0.15) is 11.4 Å². The van der Waals surface area contributed by atoms with E-state index in [4.69, 9.17) is 16.3 Å². The van der Waals surface area contributed by atoms with Gasteiger partial charge in [-0.3, -0.25) is 0 Å². The van der Waals surface area contributed by atoms with Crippen LogP contribution in [0, 0.1) is 0 Å². The second-order valence-electron chi connectivity index (χ2n) is 8.10. The molecule has 1 aliphatic rings. The Bertz CT molecular complexity index is 1030. The number of aromatic amines is 1. The lowest BCUT2D eigenvalue weighted by molar-refractivity contribution is 0.0691. The highest BCUT2D eigenvalue weighted by atomic mass is 35.5. The number of benzene rings is 2. The number of ether oxygens (including phenoxy) is 1. The Morgan fingerprint density at radius 1 is 1.10 bits per heavy atom. The molecule has 3 aromatic rings. The number of rotatable bonds is 5. The van der Waals surface area contributed by atoms with E-state index in [9.17, 15) is 9.90 Å². The van der Waals surface area contributed by atoms with Gasteiger partial charge in [-0.15, -0.1) is 0 Å². The smallest absolute Gasteiger partial charge is 0.353 e. The van der Waals surface area contributed by atoms with Gasteiger partial charge in [0.05, 0.1) is 11.1 Å². The standard InChI is InChI=1S/C24H26ClNO3/c1-14(2)29-17-10-8-16(9-11-17)20-18(15-6-4-3-5-7-15)12-13-19-21(20)22(25)23(26-19)24(27)28/h8-15,26H,3-7H2,1-2H3,(H,27,28). The lowest BCUT2D eigenvalue weighted by Gasteiger charge is -2.25. The fourth-order valence-corrected chi connectivity index (χ4v) is 4.77. The molecule has 1 aromatic heterocycles. The molecule has 0 radical (unpaired) electrons. The van der Waals surface area contributed by atoms with Crippen molar-refractivity contribution in [3.63, 3.8) is 0 Å². The largest absolute Gasteiger partial charge is 0.491 e. The average Bonchev–Trinajstić information content (AvgIpc) is 3.05. The summed E-state index contributed by atoms with van der Waals surface area (Å²) < 4.78 is 5.79. The number of carbonyl (C=O) groups is 1. The van der Waals surface area contributed by atoms with Crippen LogP contribution in [0.4, 0.5) is 0 Å². The second-order valence-corrected chi connectivity index (χ2v) is 8.48. The van der Waals surface area contributed by atoms with E-state index in [0.29, 0.717) is 5.92 Å². The van der Waals surface area contributed by atoms with Crippen LogP contribution < -0.4 is 4.74 Å². The molecule has 29 heavy (non-hydrogen) atoms. The third-order valence-electron chi connectivity index (χ3n) is 5.71. The van der Waals surface area contributed by atoms with Crippen molar-refractivity contribution < 1.29 is 14.6 Å². The fourth-order valence-electron chi connectivity index (χ4n) is 4.45. The van der Waals surface area contributed by atoms with Crippen molar-refractivity contribution in [2.24, 2.45) is 0 Å². The predicted octanol–water partition coefficient (Wildman–Crippen LogP) is 7.02. The Kier molecular flexibility index (Phi) is 5.55. The second kappa shape index (κ2) is 8.11. The first kappa shape index (κ1) is 19.8. The number of halogens is 1. The number of fused-ring (bicyclic) bond motifs is 1. The van der Waals surface area contributed by atoms with E-state index < -0.39 is 5.97 Å². The van der Waals surface area contributed by atoms with Crippen LogP contribution in [-0.2, 0) is 0 Å². The number of carboxylic acid groups (broad SMARTS) is 1. The van der Waals surface area contributed by atoms with Gasteiger partial charge in [0, 0.05) is 10.9 Å². The van der Waals surface area contributed by atoms with E-state index in [0.717, 1.165) is 40.6 Å². The van der Waals surface area contributed by atoms with Gasteiger partial charge in [-0.25, -0.2) is 4.79 Å². The molecule has 0 bridgehead atoms. The maximum Gasteiger partial charge on any atom is 0.353 e. The van der Waals surface area contributed by atoms with Crippen LogP contribution in [0.3, 0.4) is 0 Å². The van der Waals surface area contributed by atoms with Gasteiger partial charge in [0.15, 0.2) is 0 Å². The summed E-state index contributed by atoms with van der Waals surface area (Å²) in [5.41, 5.74) is 4.13. The molecule has 2 N–H and O–H groups in total. The van der Waals surface area contributed by atoms with Crippen LogP contribution in [-0.4, -0.2) is 22.2 Å². The zero-order chi connectivity index (χ0) is 20.5. The molecule has 0 atom stereocenters. The van der Waals surface area contributed by atoms with Gasteiger partial charge in [-0.1, -0.05) is 49.1 Å². The molecule has 0 saturated heterocycles. The fraction of sp³-hybridized carbons (Fsp3) is 0.375. The molecular formula is C24H26ClNO3. The summed E-state index contributed by atoms with van der Waals surface area (Å²) in [5.74, 6) is 0.243. The summed E-state index contributed by atoms with van der Waals surface area (Å²) in [7, 11) is 0. The predicted molar refractivity (Wildman–Crippen MR) is 117 cm³/mol. The molecule has 5 heteroatoms. The minimum Gasteiger partial charge on any atom is -0.491 e. The first-order valence-corrected chi connectivity index (χ1v) is 10.7. The van der Waals surface area contributed by atoms with Crippen molar-refractivity contribution in [3.05, 3.63) is 52.7 Å². The van der Waals surface area contributed by atoms with Crippen molar-refractivity contribution in [3.8, 4) is 16.9 Å². The molecule has 4 nitrogen and oxygen atoms in total. The van der Waals surface area contributed by atoms with Gasteiger partial charge in [-0.05, 0) is 67.5 Å². The Balaban J connectivity index is 1.91. The maximum atomic E-state index is 11.6. The Hall–Kier alpha value is -2.46. The summed E-state index contributed by atoms with van der Waals surface area (Å²) in [6, 6.07) is 12.1. The minimum absolute atomic E-state index is 0.0449. The van der Waals surface area contributed by atoms with Crippen molar-refractivity contribution in [1.82, 2.24) is 4.98 Å². The number of hydrogen-bond acceptors (Lipinski definition) is 2. The molecule has 152 valence electrons. The first-order valence-electron chi connectivity index (χ1n) is 10.3. The zero-order valence-electron chi connectivity index (χ0n) is 16.8. The lowest BCUT2D eigenvalue weighted by Crippen LogP contribution is -2.07. The quantitative estimate of drug-likeness (QED) is 0.474. The van der Waals surface area contributed by atoms with Gasteiger partial charge >= 0.3 is 5.97 Å². The van der Waals surface area contributed by atoms with E-state index in [-0.39, 0.29) is 16.8 Å². The highest BCUT2D eigenvalue weighted by molar-refractivity contribution is 6.39. The van der Waals surface area contributed by atoms with Crippen LogP contribution in [0.25, 0.3) is 22.0 Å². The van der Waals surface area contributed by atoms with Crippen LogP contribution in [0.15, 0.2) is 36.4 Å². The summed E-state index contributed by atoms with van der Waals surface area (Å²) >= 11 is 6.58. The monoisotopic (exact) mass is 411 g/mol. The van der Waals surface area contributed by atoms with Crippen molar-refractivity contribution >= 4 is 28.5 Å². The Morgan fingerprint density at radius 2 is 1.79 bits per heavy atom. The summed E-state index contributed by atoms with van der Waals surface area (Å²) in [6.07, 6.45) is 6.15. The Morgan fingerprint density at radius 3 is 2.41 bits per heavy atom. The molecule has 1 aliphatic carbocycles. The van der Waals surface area contributed by atoms with E-state index in [2.05, 4.69) is 11.1 Å². The Labute approximate surface area is 175 Å². The molecule has 1 heterocycles. The normalized spacial score (nSPS) is 15.2. The number of H-pyrrole nitrogens is 1. The summed E-state index contributed by atoms with van der Waals surface area (Å²) in [5, 5.41) is 10.6. The van der Waals surface area contributed by atoms with Crippen molar-refractivity contribution in [1.29, 1.82) is 0 Å². The highest BCUT2D eigenvalue weighted by Gasteiger charge is 2.25. The molecule has 1 fully saturated rings. The van der Waals surface area contributed by atoms with Gasteiger partial charge in [0.2, 0.25) is 0 Å². The van der Waals surface area contributed by atoms with Crippen LogP contribution in [0.2, 0.25) is 5.02 Å². The van der Waals surface area contributed by atoms with Gasteiger partial charge in [0.25, 0.3) is 0 Å². The number of hydrogen-bond donors (Lipinski definition) is 2. The highest BCUT2D eigenvalue weighted by Crippen LogP contribution is 2.44. The van der Waals surface area contributed by atoms with Crippen LogP contribution in [0.1, 0.15) is 67.9 Å². The number of aromatic nitrogens is 1. The molecular weight excluding hydrogens is 386 g/mol.